The molecule has 0 unspecified atom stereocenters. The number of aromatic nitrogens is 2. The molecule has 744 valence electrons. The van der Waals surface area contributed by atoms with Gasteiger partial charge in [0, 0.05) is 199 Å². The molecular formula is C93H130Cl14N12O14. The Hall–Kier alpha value is -5.38. The van der Waals surface area contributed by atoms with Gasteiger partial charge in [-0.3, -0.25) is 34.1 Å². The number of ether oxygens (including phenoxy) is 1. The van der Waals surface area contributed by atoms with Crippen LogP contribution in [0.4, 0.5) is 27.5 Å². The molecule has 0 radical (unpaired) electrons. The van der Waals surface area contributed by atoms with E-state index in [2.05, 4.69) is 42.9 Å². The highest BCUT2D eigenvalue weighted by Gasteiger charge is 2.54. The fourth-order valence-electron chi connectivity index (χ4n) is 16.2. The Bertz CT molecular complexity index is 4410. The van der Waals surface area contributed by atoms with Crippen molar-refractivity contribution in [3.63, 3.8) is 0 Å². The summed E-state index contributed by atoms with van der Waals surface area (Å²) in [5.41, 5.74) is 22.8. The molecule has 7 atom stereocenters. The van der Waals surface area contributed by atoms with Crippen LogP contribution in [-0.2, 0) is 67.9 Å². The van der Waals surface area contributed by atoms with Crippen molar-refractivity contribution in [2.75, 3.05) is 196 Å². The number of carbonyl (C=O) groups excluding carboxylic acids is 3. The first-order chi connectivity index (χ1) is 63.7. The standard InChI is InChI=1S/C23H31Cl2NO3.C16H21Cl2N3O2.C14H19Cl2NO2.C13H18Cl2N2O3.C13H18Cl2N2O2.C9H12Cl2N2O2.C5H11Cl2N/c1-23-9-8-18-17-5-3-16(29-22(28)26(12-10-24)13-11-25)14-15(17)2-4-19(18)20(23)6-7-21(23)27;1-20-14-6-5-12(21(9-7-17)10-8-18)11-13(14)19-15(20)3-2-4-16(22)23;15-8-10-17(11-9-16)13-6-4-12(5-7-13)2-1-3-14(18)19;14-5-7-17(20,8-6-15)11-3-1-10(2-4-11)9-12(16)13(18)19;14-5-7-17(8-6-15)11-3-1-10(2-4-11)9-12(16)13(18)19;10-3-5-13(6-4-11)7-1-2-8(14)12-9(7)15;1-8(4-2-6)5-3-7/h3,5,14,18-21,27H,2,4,6-13H2,1H3;5-6,11H,2-4,7-10H2,1H3,(H,22,23);4-7H,1-3,8-11H2,(H,18,19);1-4,12H,5-9,16H2,(H,18,19);1-4,12H,5-9,16H2,(H,18,19);1H,2-6H2,(H,12,14,15);2-5H2,1H3/t18-,19-,20+,21+,23+;;;2*12-;;/m1..00../s1. The number of imidazole rings is 1. The van der Waals surface area contributed by atoms with Gasteiger partial charge in [0.05, 0.1) is 47.7 Å². The molecule has 3 aliphatic carbocycles. The van der Waals surface area contributed by atoms with Crippen LogP contribution in [0, 0.1) is 22.5 Å². The summed E-state index contributed by atoms with van der Waals surface area (Å²) in [7, 11) is 3.96. The van der Waals surface area contributed by atoms with Crippen LogP contribution in [0.15, 0.2) is 121 Å². The molecule has 3 amide bonds. The third-order valence-corrected chi connectivity index (χ3v) is 25.7. The number of hydrogen-bond donors (Lipinski definition) is 8. The molecule has 133 heavy (non-hydrogen) atoms. The van der Waals surface area contributed by atoms with Crippen molar-refractivity contribution >= 4 is 238 Å². The quantitative estimate of drug-likeness (QED) is 0.00761. The van der Waals surface area contributed by atoms with Gasteiger partial charge >= 0.3 is 30.0 Å². The average Bonchev–Trinajstić information content (AvgIpc) is 1.56. The van der Waals surface area contributed by atoms with E-state index in [0.29, 0.717) is 157 Å². The van der Waals surface area contributed by atoms with Crippen molar-refractivity contribution < 1.29 is 63.8 Å². The predicted molar refractivity (Wildman–Crippen MR) is 551 cm³/mol. The zero-order valence-corrected chi connectivity index (χ0v) is 86.3. The van der Waals surface area contributed by atoms with E-state index in [0.717, 1.165) is 148 Å². The molecule has 2 heterocycles. The van der Waals surface area contributed by atoms with E-state index in [9.17, 15) is 43.9 Å². The summed E-state index contributed by atoms with van der Waals surface area (Å²) in [5.74, 6) is 5.81. The first-order valence-corrected chi connectivity index (χ1v) is 51.8. The van der Waals surface area contributed by atoms with Crippen LogP contribution in [0.25, 0.3) is 11.0 Å². The zero-order chi connectivity index (χ0) is 98.6. The number of alkyl halides is 14. The number of hydrogen-bond acceptors (Lipinski definition) is 18. The molecule has 1 aliphatic heterocycles. The molecule has 0 bridgehead atoms. The number of rotatable bonds is 48. The van der Waals surface area contributed by atoms with Crippen LogP contribution in [0.2, 0.25) is 0 Å². The smallest absolute Gasteiger partial charge is 0.415 e. The fraction of sp³-hybridized carbons (Fsp3) is 0.570. The number of aliphatic hydroxyl groups is 1. The maximum atomic E-state index is 12.6. The monoisotopic (exact) mass is 2130 g/mol. The van der Waals surface area contributed by atoms with E-state index in [4.69, 9.17) is 199 Å². The summed E-state index contributed by atoms with van der Waals surface area (Å²) in [5, 5.41) is 60.3. The molecule has 0 saturated heterocycles. The van der Waals surface area contributed by atoms with Crippen molar-refractivity contribution in [1.29, 1.82) is 0 Å². The maximum Gasteiger partial charge on any atom is 0.415 e. The maximum absolute atomic E-state index is 12.6. The Morgan fingerprint density at radius 2 is 0.992 bits per heavy atom. The molecule has 4 aliphatic rings. The van der Waals surface area contributed by atoms with Gasteiger partial charge in [0.15, 0.2) is 0 Å². The highest BCUT2D eigenvalue weighted by atomic mass is 35.5. The number of carboxylic acid groups (broad SMARTS) is 4. The average molecular weight is 2140 g/mol. The number of fused-ring (bicyclic) bond motifs is 6. The number of quaternary nitrogens is 1. The van der Waals surface area contributed by atoms with E-state index in [1.54, 1.807) is 40.1 Å². The topological polar surface area (TPSA) is 354 Å². The lowest BCUT2D eigenvalue weighted by molar-refractivity contribution is -0.139. The largest absolute Gasteiger partial charge is 0.627 e. The number of anilines is 3. The summed E-state index contributed by atoms with van der Waals surface area (Å²) >= 11 is 79.8. The van der Waals surface area contributed by atoms with Gasteiger partial charge in [0.25, 0.3) is 5.91 Å². The van der Waals surface area contributed by atoms with Gasteiger partial charge in [-0.1, -0.05) is 49.4 Å². The number of nitrogens with two attached hydrogens (primary N) is 2. The fourth-order valence-corrected chi connectivity index (χ4v) is 19.3. The molecule has 10 N–H and O–H groups in total. The van der Waals surface area contributed by atoms with E-state index in [1.807, 2.05) is 97.5 Å². The van der Waals surface area contributed by atoms with Gasteiger partial charge in [-0.05, 0) is 201 Å². The van der Waals surface area contributed by atoms with Gasteiger partial charge in [-0.2, -0.15) is 0 Å². The molecule has 26 nitrogen and oxygen atoms in total. The number of aryl methyl sites for hydroxylation is 4. The number of nitrogens with zero attached hydrogens (tertiary/aromatic N) is 9. The van der Waals surface area contributed by atoms with Gasteiger partial charge < -0.3 is 85.6 Å². The number of nitrogens with one attached hydrogen (secondary N) is 1. The molecule has 1 aromatic heterocycles. The number of aliphatic carboxylic acids is 4. The molecule has 40 heteroatoms. The normalized spacial score (nSPS) is 16.7. The minimum absolute atomic E-state index is 0.0996. The Morgan fingerprint density at radius 1 is 0.549 bits per heavy atom. The van der Waals surface area contributed by atoms with E-state index in [-0.39, 0.29) is 73.9 Å². The summed E-state index contributed by atoms with van der Waals surface area (Å²) in [6.07, 6.45) is 11.4. The lowest BCUT2D eigenvalue weighted by Gasteiger charge is -2.50. The Balaban J connectivity index is 0.000000332. The number of carboxylic acids is 4. The molecule has 0 spiro atoms. The number of imide groups is 1. The highest BCUT2D eigenvalue weighted by Crippen LogP contribution is 2.61. The number of hydroxylamine groups is 2. The first-order valence-electron chi connectivity index (χ1n) is 44.3. The SMILES string of the molecule is CN(CCCl)CCCl.C[C@]12CC[C@@H]3c4ccc(OC(=O)N(CCCl)CCCl)cc4CC[C@H]3[C@@H]1CC[C@@H]2O.Cn1c(CCCC(=O)O)nc2cc(N(CCCl)CCCl)ccc21.N[C@@H](Cc1ccc(N(CCCl)CCCl)cc1)C(=O)O.N[C@@H](Cc1ccc([N+]([O-])(CCCl)CCCl)cc1)C(=O)O.O=C(O)CCCc1ccc(N(CCCl)CCCl)cc1.O=C1CC=C(N(CCCl)CCCl)C(=O)N1. The number of amides is 3. The van der Waals surface area contributed by atoms with Crippen molar-refractivity contribution in [2.45, 2.75) is 127 Å². The Morgan fingerprint density at radius 3 is 1.44 bits per heavy atom. The number of halogens is 14. The second kappa shape index (κ2) is 66.3. The summed E-state index contributed by atoms with van der Waals surface area (Å²) < 4.78 is 7.06. The van der Waals surface area contributed by atoms with Gasteiger partial charge in [-0.25, -0.2) is 9.78 Å². The third kappa shape index (κ3) is 41.5. The van der Waals surface area contributed by atoms with Crippen molar-refractivity contribution in [3.8, 4) is 5.75 Å². The predicted octanol–water partition coefficient (Wildman–Crippen LogP) is 17.8. The molecule has 2 saturated carbocycles. The molecule has 6 aromatic rings. The zero-order valence-electron chi connectivity index (χ0n) is 75.7. The Labute approximate surface area is 853 Å². The van der Waals surface area contributed by atoms with Crippen molar-refractivity contribution in [3.05, 3.63) is 160 Å². The Kier molecular flexibility index (Phi) is 59.8. The van der Waals surface area contributed by atoms with Gasteiger partial charge in [0.1, 0.15) is 29.3 Å². The lowest BCUT2D eigenvalue weighted by atomic mass is 9.55. The number of aliphatic hydroxyl groups excluding tert-OH is 1. The summed E-state index contributed by atoms with van der Waals surface area (Å²) in [6, 6.07) is 33.0. The van der Waals surface area contributed by atoms with Crippen LogP contribution in [-0.4, -0.2) is 291 Å². The first kappa shape index (κ1) is 120. The van der Waals surface area contributed by atoms with E-state index in [1.165, 1.54) is 11.1 Å². The summed E-state index contributed by atoms with van der Waals surface area (Å²) in [4.78, 5) is 93.7. The molecule has 10 rings (SSSR count). The molecule has 5 aromatic carbocycles. The second-order valence-corrected chi connectivity index (χ2v) is 37.5. The number of carbonyl (C=O) groups is 7. The van der Waals surface area contributed by atoms with Gasteiger partial charge in [0.2, 0.25) is 5.91 Å². The summed E-state index contributed by atoms with van der Waals surface area (Å²) in [6.45, 7) is 11.0. The third-order valence-electron chi connectivity index (χ3n) is 23.3. The number of benzene rings is 5. The van der Waals surface area contributed by atoms with Crippen LogP contribution < -0.4 is 40.9 Å². The van der Waals surface area contributed by atoms with E-state index >= 15 is 0 Å². The lowest BCUT2D eigenvalue weighted by Crippen LogP contribution is -2.46. The minimum Gasteiger partial charge on any atom is -0.627 e. The second-order valence-electron chi connectivity index (χ2n) is 32.2. The van der Waals surface area contributed by atoms with Gasteiger partial charge in [-0.15, -0.1) is 162 Å². The molecule has 2 fully saturated rings. The van der Waals surface area contributed by atoms with Crippen molar-refractivity contribution in [1.82, 2.24) is 34.2 Å². The molecular weight excluding hydrogens is 2010 g/mol. The van der Waals surface area contributed by atoms with Crippen LogP contribution in [0.3, 0.4) is 0 Å². The van der Waals surface area contributed by atoms with Crippen LogP contribution in [0.1, 0.15) is 111 Å². The van der Waals surface area contributed by atoms with Crippen LogP contribution in [0.5, 0.6) is 5.75 Å². The van der Waals surface area contributed by atoms with Crippen molar-refractivity contribution in [2.24, 2.45) is 35.8 Å². The highest BCUT2D eigenvalue weighted by molar-refractivity contribution is 6.21. The van der Waals surface area contributed by atoms with Crippen LogP contribution >= 0.6 is 162 Å². The van der Waals surface area contributed by atoms with E-state index < -0.39 is 46.7 Å². The minimum atomic E-state index is -1.05.